The number of amides is 2. The van der Waals surface area contributed by atoms with E-state index in [0.29, 0.717) is 25.0 Å². The number of benzene rings is 1. The highest BCUT2D eigenvalue weighted by Crippen LogP contribution is 2.41. The van der Waals surface area contributed by atoms with Gasteiger partial charge in [0.25, 0.3) is 5.91 Å². The number of carbonyl (C=O) groups is 2. The molecule has 2 amide bonds. The van der Waals surface area contributed by atoms with Gasteiger partial charge in [-0.3, -0.25) is 9.59 Å². The molecule has 0 bridgehead atoms. The predicted octanol–water partition coefficient (Wildman–Crippen LogP) is 4.80. The topological polar surface area (TPSA) is 49.9 Å². The normalized spacial score (nSPS) is 25.8. The Morgan fingerprint density at radius 3 is 2.38 bits per heavy atom. The molecule has 5 rings (SSSR count). The first-order valence-corrected chi connectivity index (χ1v) is 12.9. The van der Waals surface area contributed by atoms with E-state index in [2.05, 4.69) is 9.80 Å². The summed E-state index contributed by atoms with van der Waals surface area (Å²) in [4.78, 5) is 30.4. The molecule has 0 N–H and O–H groups in total. The van der Waals surface area contributed by atoms with Crippen LogP contribution in [0.4, 0.5) is 0 Å². The summed E-state index contributed by atoms with van der Waals surface area (Å²) in [5, 5.41) is 0. The van der Waals surface area contributed by atoms with Gasteiger partial charge in [-0.1, -0.05) is 43.9 Å². The smallest absolute Gasteiger partial charge is 0.254 e. The van der Waals surface area contributed by atoms with Crippen LogP contribution in [0, 0.1) is 5.92 Å². The van der Waals surface area contributed by atoms with Gasteiger partial charge in [0.2, 0.25) is 5.91 Å². The fourth-order valence-corrected chi connectivity index (χ4v) is 6.25. The van der Waals surface area contributed by atoms with Crippen molar-refractivity contribution in [2.45, 2.75) is 94.7 Å². The summed E-state index contributed by atoms with van der Waals surface area (Å²) in [6.45, 7) is 2.31. The first-order valence-electron chi connectivity index (χ1n) is 12.9. The number of ether oxygens (including phenoxy) is 1. The third kappa shape index (κ3) is 4.88. The Morgan fingerprint density at radius 1 is 0.969 bits per heavy atom. The molecule has 1 unspecified atom stereocenters. The summed E-state index contributed by atoms with van der Waals surface area (Å²) < 4.78 is 6.37. The highest BCUT2D eigenvalue weighted by molar-refractivity contribution is 5.94. The van der Waals surface area contributed by atoms with Crippen LogP contribution in [-0.2, 0) is 9.53 Å². The van der Waals surface area contributed by atoms with Crippen LogP contribution in [-0.4, -0.2) is 59.0 Å². The molecule has 0 radical (unpaired) electrons. The fourth-order valence-electron chi connectivity index (χ4n) is 6.25. The van der Waals surface area contributed by atoms with Gasteiger partial charge in [-0.2, -0.15) is 0 Å². The first-order chi connectivity index (χ1) is 15.6. The summed E-state index contributed by atoms with van der Waals surface area (Å²) in [7, 11) is 0. The lowest BCUT2D eigenvalue weighted by Crippen LogP contribution is -2.55. The van der Waals surface area contributed by atoms with Gasteiger partial charge in [-0.25, -0.2) is 0 Å². The van der Waals surface area contributed by atoms with E-state index >= 15 is 0 Å². The zero-order valence-electron chi connectivity index (χ0n) is 19.3. The molecule has 1 aromatic carbocycles. The maximum Gasteiger partial charge on any atom is 0.254 e. The van der Waals surface area contributed by atoms with Crippen molar-refractivity contribution < 1.29 is 14.3 Å². The lowest BCUT2D eigenvalue weighted by Gasteiger charge is -2.48. The Kier molecular flexibility index (Phi) is 6.54. The Hall–Kier alpha value is -1.88. The van der Waals surface area contributed by atoms with Crippen molar-refractivity contribution >= 4 is 11.8 Å². The zero-order valence-corrected chi connectivity index (χ0v) is 19.3. The van der Waals surface area contributed by atoms with Gasteiger partial charge < -0.3 is 14.5 Å². The minimum atomic E-state index is -0.171. The molecule has 1 atom stereocenters. The number of hydrogen-bond acceptors (Lipinski definition) is 3. The molecular weight excluding hydrogens is 400 g/mol. The van der Waals surface area contributed by atoms with Crippen LogP contribution in [0.15, 0.2) is 30.3 Å². The summed E-state index contributed by atoms with van der Waals surface area (Å²) in [5.41, 5.74) is 0.623. The third-order valence-corrected chi connectivity index (χ3v) is 8.32. The van der Waals surface area contributed by atoms with Gasteiger partial charge in [0, 0.05) is 43.8 Å². The van der Waals surface area contributed by atoms with Crippen LogP contribution in [0.2, 0.25) is 0 Å². The van der Waals surface area contributed by atoms with E-state index in [0.717, 1.165) is 69.5 Å². The molecule has 0 aromatic heterocycles. The minimum absolute atomic E-state index is 0.171. The molecule has 5 nitrogen and oxygen atoms in total. The molecule has 1 aromatic rings. The van der Waals surface area contributed by atoms with E-state index in [1.165, 1.54) is 25.7 Å². The number of piperidine rings is 1. The maximum absolute atomic E-state index is 13.4. The van der Waals surface area contributed by atoms with Crippen molar-refractivity contribution in [2.75, 3.05) is 19.7 Å². The molecule has 2 saturated carbocycles. The first kappa shape index (κ1) is 21.9. The molecule has 4 aliphatic rings. The van der Waals surface area contributed by atoms with Crippen LogP contribution < -0.4 is 0 Å². The van der Waals surface area contributed by atoms with Crippen molar-refractivity contribution in [3.63, 3.8) is 0 Å². The van der Waals surface area contributed by atoms with E-state index in [4.69, 9.17) is 4.74 Å². The second kappa shape index (κ2) is 9.54. The molecule has 2 aliphatic heterocycles. The molecule has 174 valence electrons. The summed E-state index contributed by atoms with van der Waals surface area (Å²) in [5.74, 6) is 1.28. The average Bonchev–Trinajstić information content (AvgIpc) is 3.51. The van der Waals surface area contributed by atoms with Crippen molar-refractivity contribution in [1.82, 2.24) is 9.80 Å². The zero-order chi connectivity index (χ0) is 22.0. The molecular formula is C27H38N2O3. The molecule has 2 saturated heterocycles. The van der Waals surface area contributed by atoms with E-state index < -0.39 is 0 Å². The van der Waals surface area contributed by atoms with Crippen LogP contribution in [0.3, 0.4) is 0 Å². The minimum Gasteiger partial charge on any atom is -0.375 e. The molecule has 2 aliphatic carbocycles. The monoisotopic (exact) mass is 438 g/mol. The van der Waals surface area contributed by atoms with Crippen LogP contribution in [0.5, 0.6) is 0 Å². The number of carbonyl (C=O) groups excluding carboxylic acids is 2. The summed E-state index contributed by atoms with van der Waals surface area (Å²) in [6.07, 6.45) is 12.9. The molecule has 2 heterocycles. The maximum atomic E-state index is 13.4. The Labute approximate surface area is 192 Å². The van der Waals surface area contributed by atoms with E-state index in [-0.39, 0.29) is 17.6 Å². The highest BCUT2D eigenvalue weighted by Gasteiger charge is 2.46. The number of nitrogens with zero attached hydrogens (tertiary/aromatic N) is 2. The Bertz CT molecular complexity index is 792. The van der Waals surface area contributed by atoms with Gasteiger partial charge >= 0.3 is 0 Å². The lowest BCUT2D eigenvalue weighted by molar-refractivity contribution is -0.148. The SMILES string of the molecule is O=C(CCC1CCCC1)N1CCC2(CC1)CC(N(C(=O)c1ccccc1)C1CC1)CCO2. The van der Waals surface area contributed by atoms with Gasteiger partial charge in [0.05, 0.1) is 5.60 Å². The second-order valence-electron chi connectivity index (χ2n) is 10.6. The second-order valence-corrected chi connectivity index (χ2v) is 10.6. The van der Waals surface area contributed by atoms with E-state index in [9.17, 15) is 9.59 Å². The number of rotatable bonds is 6. The van der Waals surface area contributed by atoms with Crippen molar-refractivity contribution in [3.8, 4) is 0 Å². The summed E-state index contributed by atoms with van der Waals surface area (Å²) >= 11 is 0. The quantitative estimate of drug-likeness (QED) is 0.641. The van der Waals surface area contributed by atoms with Crippen LogP contribution in [0.1, 0.15) is 87.4 Å². The van der Waals surface area contributed by atoms with Crippen molar-refractivity contribution in [2.24, 2.45) is 5.92 Å². The lowest BCUT2D eigenvalue weighted by atomic mass is 9.81. The average molecular weight is 439 g/mol. The molecule has 4 fully saturated rings. The van der Waals surface area contributed by atoms with Gasteiger partial charge in [-0.15, -0.1) is 0 Å². The van der Waals surface area contributed by atoms with E-state index in [1.54, 1.807) is 0 Å². The number of hydrogen-bond donors (Lipinski definition) is 0. The van der Waals surface area contributed by atoms with Gasteiger partial charge in [-0.05, 0) is 63.0 Å². The predicted molar refractivity (Wildman–Crippen MR) is 124 cm³/mol. The molecule has 32 heavy (non-hydrogen) atoms. The number of likely N-dealkylation sites (tertiary alicyclic amines) is 1. The van der Waals surface area contributed by atoms with E-state index in [1.807, 2.05) is 30.3 Å². The molecule has 5 heteroatoms. The Balaban J connectivity index is 1.18. The molecule has 1 spiro atoms. The Morgan fingerprint density at radius 2 is 1.69 bits per heavy atom. The highest BCUT2D eigenvalue weighted by atomic mass is 16.5. The van der Waals surface area contributed by atoms with Gasteiger partial charge in [0.15, 0.2) is 0 Å². The van der Waals surface area contributed by atoms with Crippen molar-refractivity contribution in [1.29, 1.82) is 0 Å². The van der Waals surface area contributed by atoms with Crippen LogP contribution in [0.25, 0.3) is 0 Å². The van der Waals surface area contributed by atoms with Gasteiger partial charge in [0.1, 0.15) is 0 Å². The van der Waals surface area contributed by atoms with Crippen molar-refractivity contribution in [3.05, 3.63) is 35.9 Å². The van der Waals surface area contributed by atoms with Crippen LogP contribution >= 0.6 is 0 Å². The third-order valence-electron chi connectivity index (χ3n) is 8.32. The standard InChI is InChI=1S/C27H38N2O3/c30-25(13-10-21-6-4-5-7-21)28-17-15-27(16-18-28)20-24(14-19-32-27)29(23-11-12-23)26(31)22-8-2-1-3-9-22/h1-3,8-9,21,23-24H,4-7,10-20H2. The summed E-state index contributed by atoms with van der Waals surface area (Å²) in [6, 6.07) is 10.4. The fraction of sp³-hybridized carbons (Fsp3) is 0.704. The largest absolute Gasteiger partial charge is 0.375 e.